The first-order valence-corrected chi connectivity index (χ1v) is 6.23. The molecular weight excluding hydrogens is 251 g/mol. The minimum atomic E-state index is -0.714. The van der Waals surface area contributed by atoms with Crippen LogP contribution in [0.3, 0.4) is 0 Å². The normalized spacial score (nSPS) is 16.9. The Labute approximate surface area is 110 Å². The van der Waals surface area contributed by atoms with Gasteiger partial charge in [0.25, 0.3) is 5.91 Å². The minimum Gasteiger partial charge on any atom is -0.380 e. The summed E-state index contributed by atoms with van der Waals surface area (Å²) in [7, 11) is 0. The van der Waals surface area contributed by atoms with Crippen LogP contribution in [0, 0.1) is 5.82 Å². The molecule has 1 aliphatic heterocycles. The lowest BCUT2D eigenvalue weighted by atomic mass is 10.1. The molecule has 0 radical (unpaired) electrons. The summed E-state index contributed by atoms with van der Waals surface area (Å²) >= 11 is 0. The molecule has 0 bridgehead atoms. The van der Waals surface area contributed by atoms with E-state index in [1.165, 1.54) is 11.5 Å². The fourth-order valence-electron chi connectivity index (χ4n) is 2.08. The van der Waals surface area contributed by atoms with Crippen molar-refractivity contribution in [2.45, 2.75) is 13.0 Å². The first kappa shape index (κ1) is 13.9. The Hall–Kier alpha value is -1.50. The first-order chi connectivity index (χ1) is 9.20. The van der Waals surface area contributed by atoms with Gasteiger partial charge >= 0.3 is 0 Å². The molecule has 1 heterocycles. The minimum absolute atomic E-state index is 0.1000. The van der Waals surface area contributed by atoms with Gasteiger partial charge in [0.1, 0.15) is 5.82 Å². The van der Waals surface area contributed by atoms with Gasteiger partial charge in [-0.05, 0) is 18.6 Å². The molecule has 5 nitrogen and oxygen atoms in total. The van der Waals surface area contributed by atoms with Gasteiger partial charge in [0.05, 0.1) is 6.61 Å². The molecule has 0 aromatic heterocycles. The lowest BCUT2D eigenvalue weighted by Gasteiger charge is -2.19. The molecule has 1 amide bonds. The maximum Gasteiger partial charge on any atom is 0.274 e. The van der Waals surface area contributed by atoms with Crippen molar-refractivity contribution in [3.8, 4) is 0 Å². The summed E-state index contributed by atoms with van der Waals surface area (Å²) in [6, 6.07) is 4.21. The number of nitrogens with one attached hydrogen (secondary N) is 1. The molecule has 0 atom stereocenters. The molecule has 0 aliphatic carbocycles. The van der Waals surface area contributed by atoms with Crippen molar-refractivity contribution in [3.05, 3.63) is 35.1 Å². The number of nitrogens with zero attached hydrogens (tertiary/aromatic N) is 1. The van der Waals surface area contributed by atoms with E-state index < -0.39 is 11.7 Å². The molecular formula is C13H17FN2O3. The standard InChI is InChI=1S/C13H17FN2O3/c14-12-8-10(13(17)15-18)2-3-11(12)9-16-4-1-6-19-7-5-16/h2-3,8,18H,1,4-7,9H2,(H,15,17). The van der Waals surface area contributed by atoms with E-state index in [4.69, 9.17) is 9.94 Å². The van der Waals surface area contributed by atoms with Gasteiger partial charge < -0.3 is 4.74 Å². The summed E-state index contributed by atoms with van der Waals surface area (Å²) in [5.74, 6) is -1.15. The topological polar surface area (TPSA) is 61.8 Å². The number of rotatable bonds is 3. The molecule has 0 spiro atoms. The fraction of sp³-hybridized carbons (Fsp3) is 0.462. The van der Waals surface area contributed by atoms with Crippen LogP contribution in [-0.2, 0) is 11.3 Å². The van der Waals surface area contributed by atoms with Crippen LogP contribution >= 0.6 is 0 Å². The van der Waals surface area contributed by atoms with E-state index in [1.807, 2.05) is 0 Å². The number of hydrogen-bond donors (Lipinski definition) is 2. The zero-order valence-electron chi connectivity index (χ0n) is 10.6. The smallest absolute Gasteiger partial charge is 0.274 e. The van der Waals surface area contributed by atoms with Crippen LogP contribution in [0.2, 0.25) is 0 Å². The van der Waals surface area contributed by atoms with Crippen LogP contribution in [0.1, 0.15) is 22.3 Å². The molecule has 104 valence electrons. The number of carbonyl (C=O) groups is 1. The summed E-state index contributed by atoms with van der Waals surface area (Å²) in [5, 5.41) is 8.50. The summed E-state index contributed by atoms with van der Waals surface area (Å²) in [6.07, 6.45) is 0.937. The molecule has 1 aromatic carbocycles. The Balaban J connectivity index is 2.05. The number of hydroxylamine groups is 1. The molecule has 6 heteroatoms. The Morgan fingerprint density at radius 1 is 1.42 bits per heavy atom. The highest BCUT2D eigenvalue weighted by atomic mass is 19.1. The highest BCUT2D eigenvalue weighted by Gasteiger charge is 2.14. The molecule has 2 rings (SSSR count). The van der Waals surface area contributed by atoms with Gasteiger partial charge in [-0.1, -0.05) is 6.07 Å². The molecule has 1 fully saturated rings. The maximum atomic E-state index is 13.9. The molecule has 2 N–H and O–H groups in total. The lowest BCUT2D eigenvalue weighted by molar-refractivity contribution is 0.0706. The molecule has 0 saturated carbocycles. The molecule has 0 unspecified atom stereocenters. The van der Waals surface area contributed by atoms with Gasteiger partial charge in [-0.2, -0.15) is 0 Å². The van der Waals surface area contributed by atoms with Crippen LogP contribution in [0.15, 0.2) is 18.2 Å². The first-order valence-electron chi connectivity index (χ1n) is 6.23. The highest BCUT2D eigenvalue weighted by molar-refractivity contribution is 5.93. The quantitative estimate of drug-likeness (QED) is 0.638. The van der Waals surface area contributed by atoms with Crippen LogP contribution in [0.25, 0.3) is 0 Å². The van der Waals surface area contributed by atoms with E-state index in [-0.39, 0.29) is 5.56 Å². The van der Waals surface area contributed by atoms with E-state index in [0.717, 1.165) is 32.2 Å². The third-order valence-electron chi connectivity index (χ3n) is 3.13. The monoisotopic (exact) mass is 268 g/mol. The molecule has 1 aromatic rings. The number of halogens is 1. The summed E-state index contributed by atoms with van der Waals surface area (Å²) in [4.78, 5) is 13.3. The van der Waals surface area contributed by atoms with Gasteiger partial charge in [-0.25, -0.2) is 9.87 Å². The highest BCUT2D eigenvalue weighted by Crippen LogP contribution is 2.14. The van der Waals surface area contributed by atoms with Crippen molar-refractivity contribution in [1.29, 1.82) is 0 Å². The van der Waals surface area contributed by atoms with Crippen LogP contribution < -0.4 is 5.48 Å². The average molecular weight is 268 g/mol. The Bertz CT molecular complexity index is 446. The average Bonchev–Trinajstić information content (AvgIpc) is 2.68. The van der Waals surface area contributed by atoms with E-state index in [9.17, 15) is 9.18 Å². The Morgan fingerprint density at radius 3 is 3.00 bits per heavy atom. The number of hydrogen-bond acceptors (Lipinski definition) is 4. The SMILES string of the molecule is O=C(NO)c1ccc(CN2CCCOCC2)c(F)c1. The van der Waals surface area contributed by atoms with E-state index in [0.29, 0.717) is 18.7 Å². The molecule has 1 saturated heterocycles. The van der Waals surface area contributed by atoms with Crippen molar-refractivity contribution in [2.75, 3.05) is 26.3 Å². The van der Waals surface area contributed by atoms with Gasteiger partial charge in [-0.15, -0.1) is 0 Å². The largest absolute Gasteiger partial charge is 0.380 e. The van der Waals surface area contributed by atoms with Crippen molar-refractivity contribution in [1.82, 2.24) is 10.4 Å². The predicted octanol–water partition coefficient (Wildman–Crippen LogP) is 1.17. The van der Waals surface area contributed by atoms with Crippen molar-refractivity contribution in [2.24, 2.45) is 0 Å². The Kier molecular flexibility index (Phi) is 4.84. The predicted molar refractivity (Wildman–Crippen MR) is 66.4 cm³/mol. The van der Waals surface area contributed by atoms with Gasteiger partial charge in [0, 0.05) is 37.4 Å². The third-order valence-corrected chi connectivity index (χ3v) is 3.13. The summed E-state index contributed by atoms with van der Waals surface area (Å²) in [6.45, 7) is 3.55. The van der Waals surface area contributed by atoms with Crippen LogP contribution in [-0.4, -0.2) is 42.3 Å². The second kappa shape index (κ2) is 6.60. The van der Waals surface area contributed by atoms with Gasteiger partial charge in [-0.3, -0.25) is 14.9 Å². The Morgan fingerprint density at radius 2 is 2.26 bits per heavy atom. The second-order valence-electron chi connectivity index (χ2n) is 4.49. The van der Waals surface area contributed by atoms with Crippen molar-refractivity contribution >= 4 is 5.91 Å². The van der Waals surface area contributed by atoms with Gasteiger partial charge in [0.15, 0.2) is 0 Å². The number of carbonyl (C=O) groups excluding carboxylic acids is 1. The van der Waals surface area contributed by atoms with E-state index >= 15 is 0 Å². The van der Waals surface area contributed by atoms with E-state index in [1.54, 1.807) is 6.07 Å². The zero-order valence-corrected chi connectivity index (χ0v) is 10.6. The zero-order chi connectivity index (χ0) is 13.7. The fourth-order valence-corrected chi connectivity index (χ4v) is 2.08. The molecule has 1 aliphatic rings. The maximum absolute atomic E-state index is 13.9. The van der Waals surface area contributed by atoms with Crippen LogP contribution in [0.5, 0.6) is 0 Å². The second-order valence-corrected chi connectivity index (χ2v) is 4.49. The third kappa shape index (κ3) is 3.73. The number of amides is 1. The number of benzene rings is 1. The lowest BCUT2D eigenvalue weighted by Crippen LogP contribution is -2.26. The summed E-state index contributed by atoms with van der Waals surface area (Å²) in [5.41, 5.74) is 2.12. The molecule has 19 heavy (non-hydrogen) atoms. The van der Waals surface area contributed by atoms with Crippen molar-refractivity contribution in [3.63, 3.8) is 0 Å². The van der Waals surface area contributed by atoms with Gasteiger partial charge in [0.2, 0.25) is 0 Å². The summed E-state index contributed by atoms with van der Waals surface area (Å²) < 4.78 is 19.2. The van der Waals surface area contributed by atoms with E-state index in [2.05, 4.69) is 4.90 Å². The van der Waals surface area contributed by atoms with Crippen LogP contribution in [0.4, 0.5) is 4.39 Å². The number of ether oxygens (including phenoxy) is 1. The van der Waals surface area contributed by atoms with Crippen molar-refractivity contribution < 1.29 is 19.1 Å².